The van der Waals surface area contributed by atoms with Gasteiger partial charge in [0.2, 0.25) is 0 Å². The van der Waals surface area contributed by atoms with Crippen LogP contribution < -0.4 is 30.3 Å². The highest BCUT2D eigenvalue weighted by Gasteiger charge is 2.79. The summed E-state index contributed by atoms with van der Waals surface area (Å²) in [6, 6.07) is 11.8. The van der Waals surface area contributed by atoms with Gasteiger partial charge < -0.3 is 79.2 Å². The molecule has 6 saturated carbocycles. The quantitative estimate of drug-likeness (QED) is 0.0232. The number of esters is 1. The van der Waals surface area contributed by atoms with Gasteiger partial charge in [-0.25, -0.2) is 19.2 Å². The second-order valence-electron chi connectivity index (χ2n) is 30.4. The first kappa shape index (κ1) is 114. The summed E-state index contributed by atoms with van der Waals surface area (Å²) in [5, 5.41) is 48.4. The summed E-state index contributed by atoms with van der Waals surface area (Å²) < 4.78 is 132. The normalized spacial score (nSPS) is 28.5. The van der Waals surface area contributed by atoms with Crippen molar-refractivity contribution in [1.29, 1.82) is 0 Å². The molecule has 0 unspecified atom stereocenters. The molecule has 8 fully saturated rings. The fourth-order valence-electron chi connectivity index (χ4n) is 20.5. The van der Waals surface area contributed by atoms with E-state index < -0.39 is 82.7 Å². The van der Waals surface area contributed by atoms with Crippen molar-refractivity contribution in [3.63, 3.8) is 0 Å². The van der Waals surface area contributed by atoms with Crippen molar-refractivity contribution in [1.82, 2.24) is 15.1 Å². The van der Waals surface area contributed by atoms with Gasteiger partial charge in [0.25, 0.3) is 0 Å². The Bertz CT molecular complexity index is 3450. The third-order valence-electron chi connectivity index (χ3n) is 24.5. The molecule has 2 aromatic rings. The summed E-state index contributed by atoms with van der Waals surface area (Å²) in [5.41, 5.74) is 4.49. The number of aliphatic hydroxyl groups excluding tert-OH is 2. The number of aliphatic hydroxyl groups is 4. The van der Waals surface area contributed by atoms with Crippen LogP contribution in [0.1, 0.15) is 186 Å². The first-order valence-electron chi connectivity index (χ1n) is 38.6. The summed E-state index contributed by atoms with van der Waals surface area (Å²) in [6.07, 6.45) is 30.2. The number of alkyl halides is 6. The first-order chi connectivity index (χ1) is 56.7. The van der Waals surface area contributed by atoms with Crippen LogP contribution in [0.25, 0.3) is 0 Å². The van der Waals surface area contributed by atoms with Gasteiger partial charge in [-0.1, -0.05) is 88.8 Å². The Kier molecular flexibility index (Phi) is 50.8. The Labute approximate surface area is 737 Å². The zero-order valence-corrected chi connectivity index (χ0v) is 73.8. The van der Waals surface area contributed by atoms with Gasteiger partial charge in [0.1, 0.15) is 47.1 Å². The number of carbonyl (C=O) groups excluding carboxylic acids is 5. The fraction of sp³-hybridized carbons (Fsp3) is 0.724. The maximum atomic E-state index is 13.1. The van der Waals surface area contributed by atoms with Crippen molar-refractivity contribution >= 4 is 142 Å². The average molecular weight is 1920 g/mol. The zero-order chi connectivity index (χ0) is 90.1. The Balaban J connectivity index is 0.000000782. The van der Waals surface area contributed by atoms with Gasteiger partial charge >= 0.3 is 37.0 Å². The lowest BCUT2D eigenvalue weighted by Crippen LogP contribution is -2.81. The smallest absolute Gasteiger partial charge is 0.497 e. The summed E-state index contributed by atoms with van der Waals surface area (Å²) in [4.78, 5) is 66.1. The monoisotopic (exact) mass is 1920 g/mol. The van der Waals surface area contributed by atoms with Crippen molar-refractivity contribution in [2.75, 3.05) is 77.4 Å². The van der Waals surface area contributed by atoms with E-state index in [0.29, 0.717) is 6.42 Å². The van der Waals surface area contributed by atoms with Gasteiger partial charge in [-0.3, -0.25) is 19.3 Å². The molecule has 2 spiro atoms. The number of nitrogens with two attached hydrogens (primary N) is 1. The Morgan fingerprint density at radius 1 is 0.529 bits per heavy atom. The molecule has 6 heterocycles. The number of ether oxygens (including phenoxy) is 8. The van der Waals surface area contributed by atoms with E-state index in [2.05, 4.69) is 90.7 Å². The maximum absolute atomic E-state index is 13.1. The second-order valence-corrected chi connectivity index (χ2v) is 35.3. The van der Waals surface area contributed by atoms with Crippen LogP contribution >= 0.6 is 92.8 Å². The van der Waals surface area contributed by atoms with E-state index in [-0.39, 0.29) is 74.2 Å². The number of likely N-dealkylation sites (N-methyl/N-ethyl adjacent to an activating group) is 2. The minimum Gasteiger partial charge on any atom is -0.497 e. The SMILES string of the molecule is CC[C@]12C=CCN3CC[C@@]4(c5ccc(OC)cc5N(C)[C@H]4[C@@](O)(CN)[C@@H]1O)[C@@H]32.CC[C@]12C=CCN3CC[C@@]4(c5ccc(OC)cc5N(C)[C@H]4[C@@](O)(CNC(=O)OC4CCCCC4)[C@@H]1OC(C)=O)[C@@H]32.F.FF.FF.FF.FF.FF.FF.O=C(Cl)OC1CCCCC1.O=C(Cl)OC1CCCCC1.O=C(OC(Cl)(Cl)Cl)OC(Cl)(Cl)Cl.OC1CCCCC1.[B]. The lowest BCUT2D eigenvalue weighted by molar-refractivity contribution is -0.217. The van der Waals surface area contributed by atoms with Gasteiger partial charge in [0.15, 0.2) is 0 Å². The molecule has 23 nitrogen and oxygen atoms in total. The molecule has 14 rings (SSSR count). The van der Waals surface area contributed by atoms with E-state index in [1.807, 2.05) is 32.3 Å². The first-order valence-corrected chi connectivity index (χ1v) is 41.6. The number of anilines is 2. The molecule has 2 aromatic carbocycles. The third kappa shape index (κ3) is 27.4. The van der Waals surface area contributed by atoms with Gasteiger partial charge in [0.05, 0.1) is 45.1 Å². The van der Waals surface area contributed by atoms with Gasteiger partial charge in [-0.05, 0) is 222 Å². The summed E-state index contributed by atoms with van der Waals surface area (Å²) >= 11 is 40.3. The van der Waals surface area contributed by atoms with Crippen LogP contribution in [-0.2, 0) is 44.0 Å². The molecule has 0 aromatic heterocycles. The molecule has 12 aliphatic rings. The lowest BCUT2D eigenvalue weighted by atomic mass is 9.47. The molecule has 6 aliphatic heterocycles. The molecule has 12 atom stereocenters. The number of rotatable bonds is 11. The van der Waals surface area contributed by atoms with Crippen molar-refractivity contribution in [2.24, 2.45) is 16.6 Å². The number of nitrogens with zero attached hydrogens (tertiary/aromatic N) is 4. The highest BCUT2D eigenvalue weighted by molar-refractivity contribution is 6.67. The second kappa shape index (κ2) is 53.8. The Morgan fingerprint density at radius 3 is 1.20 bits per heavy atom. The standard InChI is InChI=1S/C31H43N3O6.C22H31N3O3.2C7H11ClO2.C6H12O.C3Cl6O3.B.6F2.FH/c1-5-29-14-9-16-34-17-15-30(25(29)34)23-13-12-22(38-4)18-24(23)33(3)26(30)31(37,27(29)39-20(2)35)19-32-28(36)40-21-10-7-6-8-11-21;1-4-20-8-5-10-25-11-9-21(17(20)25)15-7-6-14(28-3)12-16(15)24(2)18(21)22(27,13-23)19(20)26;2*8-7(9)10-6-4-2-1-3-5-6;7-6-4-2-1-3-5-6;4-2(5,6)11-1(10)12-3(7,8)9;;6*1-2;/h9,12-14,18,21,25-27,37H,5-8,10-11,15-17,19H2,1-4H3,(H,32,36);5-8,12,17-19,26-27H,4,9-11,13,23H2,1-3H3;2*6H,1-5H2;6-7H,1-5H2;;;;;;;;;1H/t25-,26+,27+,29+,30+,31-;17-,18+,19+,20+,21+,22-;;;;;;;;;;;;/m00............/s1. The summed E-state index contributed by atoms with van der Waals surface area (Å²) in [6.45, 7) is 9.08. The predicted octanol–water partition coefficient (Wildman–Crippen LogP) is 19.7. The predicted molar refractivity (Wildman–Crippen MR) is 436 cm³/mol. The maximum Gasteiger partial charge on any atom is 0.515 e. The molecule has 45 heteroatoms. The Morgan fingerprint density at radius 2 is 0.876 bits per heavy atom. The van der Waals surface area contributed by atoms with Crippen molar-refractivity contribution in [3.05, 3.63) is 71.8 Å². The fourth-order valence-corrected chi connectivity index (χ4v) is 21.1. The van der Waals surface area contributed by atoms with Crippen LogP contribution in [0.3, 0.4) is 0 Å². The number of alkyl carbamates (subject to hydrolysis) is 1. The van der Waals surface area contributed by atoms with E-state index in [1.54, 1.807) is 14.2 Å². The van der Waals surface area contributed by atoms with E-state index in [9.17, 15) is 39.3 Å². The number of amides is 1. The van der Waals surface area contributed by atoms with Crippen molar-refractivity contribution in [3.8, 4) is 11.5 Å². The van der Waals surface area contributed by atoms with Crippen molar-refractivity contribution in [2.45, 2.75) is 266 Å². The summed E-state index contributed by atoms with van der Waals surface area (Å²) in [7, 11) is 7.34. The largest absolute Gasteiger partial charge is 0.515 e. The molecule has 121 heavy (non-hydrogen) atoms. The number of nitrogens with one attached hydrogen (secondary N) is 1. The lowest BCUT2D eigenvalue weighted by Gasteiger charge is -2.64. The minimum atomic E-state index is -2.24. The highest BCUT2D eigenvalue weighted by atomic mass is 35.6. The van der Waals surface area contributed by atoms with E-state index >= 15 is 0 Å². The van der Waals surface area contributed by atoms with Crippen LogP contribution in [-0.4, -0.2) is 215 Å². The van der Waals surface area contributed by atoms with Gasteiger partial charge in [-0.2, -0.15) is 0 Å². The molecule has 3 radical (unpaired) electrons. The van der Waals surface area contributed by atoms with Crippen LogP contribution in [0.2, 0.25) is 0 Å². The number of carbonyl (C=O) groups is 5. The van der Waals surface area contributed by atoms with Crippen LogP contribution in [0.5, 0.6) is 11.5 Å². The minimum absolute atomic E-state index is 0. The molecule has 0 bridgehead atoms. The van der Waals surface area contributed by atoms with Crippen LogP contribution in [0.4, 0.5) is 90.1 Å². The van der Waals surface area contributed by atoms with E-state index in [4.69, 9.17) is 187 Å². The van der Waals surface area contributed by atoms with Gasteiger partial charge in [-0.15, -0.1) is 0 Å². The Hall–Kier alpha value is -4.74. The number of methoxy groups -OCH3 is 2. The zero-order valence-electron chi connectivity index (χ0n) is 67.8. The number of hydrogen-bond donors (Lipinski definition) is 6. The molecular formula is C76H109BCl8F13N6O17. The van der Waals surface area contributed by atoms with E-state index in [0.717, 1.165) is 165 Å². The summed E-state index contributed by atoms with van der Waals surface area (Å²) in [5.74, 6) is 1.10. The van der Waals surface area contributed by atoms with E-state index in [1.165, 1.54) is 50.2 Å². The van der Waals surface area contributed by atoms with Crippen LogP contribution in [0, 0.1) is 10.8 Å². The topological polar surface area (TPSA) is 291 Å². The highest BCUT2D eigenvalue weighted by Crippen LogP contribution is 2.69. The molecule has 695 valence electrons. The molecular weight excluding hydrogens is 1810 g/mol. The molecule has 2 saturated heterocycles. The van der Waals surface area contributed by atoms with Crippen LogP contribution in [0.15, 0.2) is 60.7 Å². The molecule has 6 aliphatic carbocycles. The number of benzene rings is 2. The molecule has 1 amide bonds. The van der Waals surface area contributed by atoms with Gasteiger partial charge in [0, 0.05) is 184 Å². The number of halogens is 21. The van der Waals surface area contributed by atoms with Crippen molar-refractivity contribution < 1.29 is 142 Å². The number of fused-ring (bicyclic) bond motifs is 2. The number of hydrogen-bond acceptors (Lipinski definition) is 22. The average Bonchev–Trinajstić information content (AvgIpc) is 1.50. The third-order valence-corrected chi connectivity index (χ3v) is 25.1. The molecule has 7 N–H and O–H groups in total.